The van der Waals surface area contributed by atoms with Crippen LogP contribution < -0.4 is 9.64 Å². The summed E-state index contributed by atoms with van der Waals surface area (Å²) in [6.45, 7) is 3.98. The largest absolute Gasteiger partial charge is 0.507 e. The normalized spacial score (nSPS) is 17.4. The van der Waals surface area contributed by atoms with Crippen molar-refractivity contribution in [2.24, 2.45) is 0 Å². The van der Waals surface area contributed by atoms with E-state index in [0.29, 0.717) is 22.0 Å². The van der Waals surface area contributed by atoms with Crippen molar-refractivity contribution in [2.75, 3.05) is 12.0 Å². The van der Waals surface area contributed by atoms with Gasteiger partial charge in [-0.25, -0.2) is 4.98 Å². The highest BCUT2D eigenvalue weighted by Gasteiger charge is 2.48. The van der Waals surface area contributed by atoms with Gasteiger partial charge in [0.15, 0.2) is 5.13 Å². The van der Waals surface area contributed by atoms with Crippen LogP contribution in [0.3, 0.4) is 0 Å². The Kier molecular flexibility index (Phi) is 5.94. The number of thiazole rings is 1. The number of halogens is 1. The number of Topliss-reactive ketones (excluding diaryl/α,β-unsaturated/α-hetero) is 1. The molecule has 4 aromatic rings. The van der Waals surface area contributed by atoms with Crippen LogP contribution in [-0.4, -0.2) is 28.9 Å². The van der Waals surface area contributed by atoms with Crippen LogP contribution >= 0.6 is 27.3 Å². The Labute approximate surface area is 214 Å². The van der Waals surface area contributed by atoms with Crippen LogP contribution in [0.5, 0.6) is 5.75 Å². The molecule has 1 fully saturated rings. The molecule has 3 aromatic carbocycles. The van der Waals surface area contributed by atoms with Gasteiger partial charge in [0.1, 0.15) is 11.5 Å². The van der Waals surface area contributed by atoms with Gasteiger partial charge in [0, 0.05) is 10.0 Å². The van der Waals surface area contributed by atoms with Crippen molar-refractivity contribution in [3.8, 4) is 5.75 Å². The zero-order valence-corrected chi connectivity index (χ0v) is 21.6. The first-order chi connectivity index (χ1) is 16.8. The molecule has 6 nitrogen and oxygen atoms in total. The third-order valence-corrected chi connectivity index (χ3v) is 7.55. The van der Waals surface area contributed by atoms with Crippen molar-refractivity contribution in [1.29, 1.82) is 0 Å². The number of rotatable bonds is 4. The summed E-state index contributed by atoms with van der Waals surface area (Å²) in [5, 5.41) is 11.7. The van der Waals surface area contributed by atoms with E-state index >= 15 is 0 Å². The Hall–Kier alpha value is -3.49. The molecule has 0 aliphatic carbocycles. The molecule has 0 unspecified atom stereocenters. The molecule has 35 heavy (non-hydrogen) atoms. The number of hydrogen-bond acceptors (Lipinski definition) is 6. The summed E-state index contributed by atoms with van der Waals surface area (Å²) in [5.74, 6) is -1.10. The van der Waals surface area contributed by atoms with Crippen molar-refractivity contribution >= 4 is 60.1 Å². The minimum Gasteiger partial charge on any atom is -0.507 e. The van der Waals surface area contributed by atoms with Crippen LogP contribution in [0.25, 0.3) is 16.0 Å². The summed E-state index contributed by atoms with van der Waals surface area (Å²) in [6, 6.07) is 17.3. The maximum absolute atomic E-state index is 13.4. The van der Waals surface area contributed by atoms with Gasteiger partial charge in [-0.2, -0.15) is 0 Å². The number of methoxy groups -OCH3 is 1. The molecular formula is C27H21BrN2O4S. The number of aliphatic hydroxyl groups is 1. The molecule has 0 spiro atoms. The average molecular weight is 549 g/mol. The number of aliphatic hydroxyl groups excluding tert-OH is 1. The number of benzene rings is 3. The summed E-state index contributed by atoms with van der Waals surface area (Å²) in [7, 11) is 1.55. The lowest BCUT2D eigenvalue weighted by molar-refractivity contribution is -0.132. The molecular weight excluding hydrogens is 528 g/mol. The predicted octanol–water partition coefficient (Wildman–Crippen LogP) is 6.31. The first kappa shape index (κ1) is 23.3. The van der Waals surface area contributed by atoms with Crippen molar-refractivity contribution in [3.05, 3.63) is 93.0 Å². The number of hydrogen-bond donors (Lipinski definition) is 1. The fraction of sp³-hybridized carbons (Fsp3) is 0.148. The molecule has 1 aliphatic rings. The summed E-state index contributed by atoms with van der Waals surface area (Å²) in [6.07, 6.45) is 0. The second kappa shape index (κ2) is 8.94. The quantitative estimate of drug-likeness (QED) is 0.183. The Bertz CT molecular complexity index is 1510. The van der Waals surface area contributed by atoms with Gasteiger partial charge in [-0.15, -0.1) is 0 Å². The van der Waals surface area contributed by atoms with E-state index in [1.165, 1.54) is 16.2 Å². The van der Waals surface area contributed by atoms with Crippen LogP contribution in [-0.2, 0) is 9.59 Å². The van der Waals surface area contributed by atoms with Gasteiger partial charge < -0.3 is 9.84 Å². The highest BCUT2D eigenvalue weighted by molar-refractivity contribution is 9.10. The maximum atomic E-state index is 13.4. The molecule has 1 N–H and O–H groups in total. The standard InChI is InChI=1S/C27H21BrN2O4S/c1-14-12-15(2)22-20(13-14)35-27(29-22)30-23(16-4-8-18(28)9-5-16)21(25(32)26(30)33)24(31)17-6-10-19(34-3)11-7-17/h4-13,23,31H,1-3H3/b24-21+/t23-/m0/s1. The van der Waals surface area contributed by atoms with E-state index in [4.69, 9.17) is 9.72 Å². The molecule has 1 amide bonds. The molecule has 0 bridgehead atoms. The third kappa shape index (κ3) is 4.02. The van der Waals surface area contributed by atoms with Gasteiger partial charge in [0.05, 0.1) is 28.9 Å². The number of aryl methyl sites for hydroxylation is 2. The minimum absolute atomic E-state index is 0.0228. The molecule has 1 aliphatic heterocycles. The summed E-state index contributed by atoms with van der Waals surface area (Å²) in [5.41, 5.74) is 4.02. The van der Waals surface area contributed by atoms with Crippen molar-refractivity contribution in [2.45, 2.75) is 19.9 Å². The van der Waals surface area contributed by atoms with Crippen molar-refractivity contribution < 1.29 is 19.4 Å². The number of ketones is 1. The zero-order valence-electron chi connectivity index (χ0n) is 19.2. The number of fused-ring (bicyclic) bond motifs is 1. The number of ether oxygens (including phenoxy) is 1. The van der Waals surface area contributed by atoms with Crippen LogP contribution in [0, 0.1) is 13.8 Å². The van der Waals surface area contributed by atoms with Gasteiger partial charge in [-0.1, -0.05) is 45.5 Å². The van der Waals surface area contributed by atoms with E-state index in [2.05, 4.69) is 15.9 Å². The fourth-order valence-corrected chi connectivity index (χ4v) is 5.79. The Morgan fingerprint density at radius 1 is 1.06 bits per heavy atom. The maximum Gasteiger partial charge on any atom is 0.301 e. The van der Waals surface area contributed by atoms with Gasteiger partial charge >= 0.3 is 5.91 Å². The lowest BCUT2D eigenvalue weighted by Crippen LogP contribution is -2.29. The first-order valence-electron chi connectivity index (χ1n) is 10.9. The lowest BCUT2D eigenvalue weighted by Gasteiger charge is -2.23. The van der Waals surface area contributed by atoms with E-state index < -0.39 is 17.7 Å². The monoisotopic (exact) mass is 548 g/mol. The number of carbonyl (C=O) groups excluding carboxylic acids is 2. The summed E-state index contributed by atoms with van der Waals surface area (Å²) >= 11 is 4.80. The van der Waals surface area contributed by atoms with E-state index in [1.54, 1.807) is 31.4 Å². The van der Waals surface area contributed by atoms with Crippen LogP contribution in [0.4, 0.5) is 5.13 Å². The molecule has 1 aromatic heterocycles. The molecule has 0 saturated carbocycles. The lowest BCUT2D eigenvalue weighted by atomic mass is 9.95. The van der Waals surface area contributed by atoms with E-state index in [-0.39, 0.29) is 11.3 Å². The molecule has 8 heteroatoms. The topological polar surface area (TPSA) is 79.7 Å². The Balaban J connectivity index is 1.72. The molecule has 5 rings (SSSR count). The highest BCUT2D eigenvalue weighted by Crippen LogP contribution is 2.45. The number of amides is 1. The Morgan fingerprint density at radius 3 is 2.40 bits per heavy atom. The van der Waals surface area contributed by atoms with Crippen LogP contribution in [0.2, 0.25) is 0 Å². The average Bonchev–Trinajstić information content (AvgIpc) is 3.38. The number of nitrogens with zero attached hydrogens (tertiary/aromatic N) is 2. The number of carbonyl (C=O) groups is 2. The summed E-state index contributed by atoms with van der Waals surface area (Å²) in [4.78, 5) is 32.9. The molecule has 1 atom stereocenters. The van der Waals surface area contributed by atoms with Crippen molar-refractivity contribution in [1.82, 2.24) is 4.98 Å². The molecule has 2 heterocycles. The molecule has 1 saturated heterocycles. The summed E-state index contributed by atoms with van der Waals surface area (Å²) < 4.78 is 6.99. The minimum atomic E-state index is -0.827. The SMILES string of the molecule is COc1ccc(/C(O)=C2\C(=O)C(=O)N(c3nc4c(C)cc(C)cc4s3)[C@H]2c2ccc(Br)cc2)cc1. The highest BCUT2D eigenvalue weighted by atomic mass is 79.9. The number of anilines is 1. The smallest absolute Gasteiger partial charge is 0.301 e. The second-order valence-corrected chi connectivity index (χ2v) is 10.3. The fourth-order valence-electron chi connectivity index (χ4n) is 4.36. The third-order valence-electron chi connectivity index (χ3n) is 6.02. The molecule has 0 radical (unpaired) electrons. The van der Waals surface area contributed by atoms with Gasteiger partial charge in [0.25, 0.3) is 5.78 Å². The van der Waals surface area contributed by atoms with E-state index in [9.17, 15) is 14.7 Å². The predicted molar refractivity (Wildman–Crippen MR) is 141 cm³/mol. The van der Waals surface area contributed by atoms with Crippen LogP contribution in [0.15, 0.2) is 70.7 Å². The molecule has 176 valence electrons. The van der Waals surface area contributed by atoms with Crippen molar-refractivity contribution in [3.63, 3.8) is 0 Å². The first-order valence-corrected chi connectivity index (χ1v) is 12.5. The van der Waals surface area contributed by atoms with Gasteiger partial charge in [-0.3, -0.25) is 14.5 Å². The van der Waals surface area contributed by atoms with Crippen LogP contribution in [0.1, 0.15) is 28.3 Å². The van der Waals surface area contributed by atoms with E-state index in [0.717, 1.165) is 25.8 Å². The van der Waals surface area contributed by atoms with Gasteiger partial charge in [0.2, 0.25) is 0 Å². The zero-order chi connectivity index (χ0) is 24.9. The van der Waals surface area contributed by atoms with Gasteiger partial charge in [-0.05, 0) is 73.0 Å². The Morgan fingerprint density at radius 2 is 1.74 bits per heavy atom. The van der Waals surface area contributed by atoms with E-state index in [1.807, 2.05) is 50.2 Å². The second-order valence-electron chi connectivity index (χ2n) is 8.37. The number of aromatic nitrogens is 1.